The Morgan fingerprint density at radius 2 is 2.00 bits per heavy atom. The number of nitrogens with zero attached hydrogens (tertiary/aromatic N) is 2. The first kappa shape index (κ1) is 13.5. The molecular weight excluding hydrogens is 252 g/mol. The van der Waals surface area contributed by atoms with Crippen LogP contribution in [0.3, 0.4) is 0 Å². The number of halogens is 1. The Morgan fingerprint density at radius 3 is 2.60 bits per heavy atom. The van der Waals surface area contributed by atoms with Crippen molar-refractivity contribution in [3.63, 3.8) is 0 Å². The zero-order chi connectivity index (χ0) is 11.1. The van der Waals surface area contributed by atoms with Crippen molar-refractivity contribution in [2.45, 2.75) is 39.2 Å². The van der Waals surface area contributed by atoms with Crippen LogP contribution in [0.1, 0.15) is 33.1 Å². The van der Waals surface area contributed by atoms with Crippen LogP contribution < -0.4 is 0 Å². The van der Waals surface area contributed by atoms with Gasteiger partial charge in [-0.05, 0) is 45.4 Å². The predicted octanol–water partition coefficient (Wildman–Crippen LogP) is 2.58. The third-order valence-corrected chi connectivity index (χ3v) is 3.99. The average molecular weight is 277 g/mol. The van der Waals surface area contributed by atoms with Gasteiger partial charge in [-0.1, -0.05) is 29.8 Å². The molecule has 1 rings (SSSR count). The third kappa shape index (κ3) is 4.41. The van der Waals surface area contributed by atoms with E-state index in [1.54, 1.807) is 0 Å². The first-order valence-electron chi connectivity index (χ1n) is 6.34. The highest BCUT2D eigenvalue weighted by molar-refractivity contribution is 9.09. The minimum Gasteiger partial charge on any atom is -0.302 e. The second-order valence-electron chi connectivity index (χ2n) is 4.36. The number of likely N-dealkylation sites (N-methyl/N-ethyl adjacent to an activating group) is 1. The molecule has 2 nitrogen and oxygen atoms in total. The normalized spacial score (nSPS) is 22.8. The predicted molar refractivity (Wildman–Crippen MR) is 70.8 cm³/mol. The Labute approximate surface area is 103 Å². The van der Waals surface area contributed by atoms with Gasteiger partial charge in [0.05, 0.1) is 0 Å². The van der Waals surface area contributed by atoms with E-state index in [-0.39, 0.29) is 0 Å². The number of likely N-dealkylation sites (tertiary alicyclic amines) is 1. The molecule has 0 aromatic carbocycles. The van der Waals surface area contributed by atoms with Crippen LogP contribution in [0.4, 0.5) is 0 Å². The molecule has 0 saturated carbocycles. The van der Waals surface area contributed by atoms with Crippen molar-refractivity contribution in [1.29, 1.82) is 0 Å². The molecule has 0 aromatic heterocycles. The van der Waals surface area contributed by atoms with Crippen LogP contribution in [0, 0.1) is 0 Å². The van der Waals surface area contributed by atoms with E-state index in [1.807, 2.05) is 0 Å². The van der Waals surface area contributed by atoms with Gasteiger partial charge in [0.1, 0.15) is 0 Å². The molecule has 1 aliphatic rings. The maximum Gasteiger partial charge on any atom is 0.0235 e. The summed E-state index contributed by atoms with van der Waals surface area (Å²) < 4.78 is 0. The molecule has 1 saturated heterocycles. The topological polar surface area (TPSA) is 6.48 Å². The van der Waals surface area contributed by atoms with Gasteiger partial charge in [-0.15, -0.1) is 0 Å². The van der Waals surface area contributed by atoms with E-state index in [0.717, 1.165) is 11.4 Å². The van der Waals surface area contributed by atoms with Gasteiger partial charge in [0, 0.05) is 17.9 Å². The molecule has 0 amide bonds. The fourth-order valence-corrected chi connectivity index (χ4v) is 2.88. The molecule has 0 aromatic rings. The van der Waals surface area contributed by atoms with Gasteiger partial charge in [-0.3, -0.25) is 4.90 Å². The molecule has 1 atom stereocenters. The van der Waals surface area contributed by atoms with Crippen molar-refractivity contribution in [3.8, 4) is 0 Å². The van der Waals surface area contributed by atoms with Gasteiger partial charge < -0.3 is 4.90 Å². The molecule has 1 aliphatic heterocycles. The summed E-state index contributed by atoms with van der Waals surface area (Å²) in [6, 6.07) is 0.823. The summed E-state index contributed by atoms with van der Waals surface area (Å²) >= 11 is 3.49. The maximum atomic E-state index is 3.49. The van der Waals surface area contributed by atoms with Crippen LogP contribution in [-0.4, -0.2) is 53.9 Å². The SMILES string of the molecule is CCN(CC)C1CCN(CCCCBr)C1. The number of hydrogen-bond donors (Lipinski definition) is 0. The molecule has 1 heterocycles. The summed E-state index contributed by atoms with van der Waals surface area (Å²) in [6.07, 6.45) is 4.03. The van der Waals surface area contributed by atoms with Crippen LogP contribution >= 0.6 is 15.9 Å². The summed E-state index contributed by atoms with van der Waals surface area (Å²) in [7, 11) is 0. The standard InChI is InChI=1S/C12H25BrN2/c1-3-15(4-2)12-7-10-14(11-12)9-6-5-8-13/h12H,3-11H2,1-2H3. The number of alkyl halides is 1. The number of rotatable bonds is 7. The van der Waals surface area contributed by atoms with Crippen molar-refractivity contribution < 1.29 is 0 Å². The molecule has 0 N–H and O–H groups in total. The molecule has 15 heavy (non-hydrogen) atoms. The summed E-state index contributed by atoms with van der Waals surface area (Å²) in [5.74, 6) is 0. The average Bonchev–Trinajstić information content (AvgIpc) is 2.69. The van der Waals surface area contributed by atoms with E-state index in [1.165, 1.54) is 52.0 Å². The van der Waals surface area contributed by atoms with E-state index < -0.39 is 0 Å². The quantitative estimate of drug-likeness (QED) is 0.521. The molecule has 1 fully saturated rings. The molecule has 1 unspecified atom stereocenters. The van der Waals surface area contributed by atoms with Crippen LogP contribution in [0.25, 0.3) is 0 Å². The van der Waals surface area contributed by atoms with Gasteiger partial charge >= 0.3 is 0 Å². The van der Waals surface area contributed by atoms with Crippen molar-refractivity contribution in [2.24, 2.45) is 0 Å². The molecule has 0 bridgehead atoms. The Morgan fingerprint density at radius 1 is 1.27 bits per heavy atom. The van der Waals surface area contributed by atoms with Crippen molar-refractivity contribution in [1.82, 2.24) is 9.80 Å². The molecule has 3 heteroatoms. The van der Waals surface area contributed by atoms with E-state index in [0.29, 0.717) is 0 Å². The minimum absolute atomic E-state index is 0.823. The van der Waals surface area contributed by atoms with Gasteiger partial charge in [-0.2, -0.15) is 0 Å². The lowest BCUT2D eigenvalue weighted by Gasteiger charge is -2.26. The van der Waals surface area contributed by atoms with Crippen molar-refractivity contribution >= 4 is 15.9 Å². The molecular formula is C12H25BrN2. The Bertz CT molecular complexity index is 160. The molecule has 90 valence electrons. The Kier molecular flexibility index (Phi) is 6.86. The molecule has 0 aliphatic carbocycles. The van der Waals surface area contributed by atoms with Crippen molar-refractivity contribution in [2.75, 3.05) is 38.1 Å². The van der Waals surface area contributed by atoms with Crippen LogP contribution in [-0.2, 0) is 0 Å². The molecule has 0 spiro atoms. The molecule has 0 radical (unpaired) electrons. The van der Waals surface area contributed by atoms with Crippen LogP contribution in [0.15, 0.2) is 0 Å². The first-order valence-corrected chi connectivity index (χ1v) is 7.46. The van der Waals surface area contributed by atoms with Crippen LogP contribution in [0.2, 0.25) is 0 Å². The smallest absolute Gasteiger partial charge is 0.0235 e. The number of hydrogen-bond acceptors (Lipinski definition) is 2. The van der Waals surface area contributed by atoms with Gasteiger partial charge in [-0.25, -0.2) is 0 Å². The number of unbranched alkanes of at least 4 members (excludes halogenated alkanes) is 1. The summed E-state index contributed by atoms with van der Waals surface area (Å²) in [4.78, 5) is 5.23. The Balaban J connectivity index is 2.19. The summed E-state index contributed by atoms with van der Waals surface area (Å²) in [6.45, 7) is 10.9. The van der Waals surface area contributed by atoms with E-state index in [9.17, 15) is 0 Å². The van der Waals surface area contributed by atoms with E-state index in [4.69, 9.17) is 0 Å². The fourth-order valence-electron chi connectivity index (χ4n) is 2.48. The first-order chi connectivity index (χ1) is 7.31. The zero-order valence-electron chi connectivity index (χ0n) is 10.2. The van der Waals surface area contributed by atoms with Gasteiger partial charge in [0.15, 0.2) is 0 Å². The zero-order valence-corrected chi connectivity index (χ0v) is 11.8. The highest BCUT2D eigenvalue weighted by Gasteiger charge is 2.25. The second kappa shape index (κ2) is 7.64. The highest BCUT2D eigenvalue weighted by atomic mass is 79.9. The summed E-state index contributed by atoms with van der Waals surface area (Å²) in [5, 5.41) is 1.15. The monoisotopic (exact) mass is 276 g/mol. The minimum atomic E-state index is 0.823. The largest absolute Gasteiger partial charge is 0.302 e. The lowest BCUT2D eigenvalue weighted by atomic mass is 10.2. The Hall–Kier alpha value is 0.400. The highest BCUT2D eigenvalue weighted by Crippen LogP contribution is 2.15. The fraction of sp³-hybridized carbons (Fsp3) is 1.00. The van der Waals surface area contributed by atoms with Gasteiger partial charge in [0.25, 0.3) is 0 Å². The maximum absolute atomic E-state index is 3.49. The summed E-state index contributed by atoms with van der Waals surface area (Å²) in [5.41, 5.74) is 0. The second-order valence-corrected chi connectivity index (χ2v) is 5.15. The lowest BCUT2D eigenvalue weighted by Crippen LogP contribution is -2.37. The van der Waals surface area contributed by atoms with E-state index in [2.05, 4.69) is 39.6 Å². The van der Waals surface area contributed by atoms with Crippen LogP contribution in [0.5, 0.6) is 0 Å². The third-order valence-electron chi connectivity index (χ3n) is 3.43. The van der Waals surface area contributed by atoms with Gasteiger partial charge in [0.2, 0.25) is 0 Å². The van der Waals surface area contributed by atoms with Crippen molar-refractivity contribution in [3.05, 3.63) is 0 Å². The lowest BCUT2D eigenvalue weighted by molar-refractivity contribution is 0.210. The van der Waals surface area contributed by atoms with E-state index >= 15 is 0 Å².